The van der Waals surface area contributed by atoms with E-state index in [0.29, 0.717) is 22.0 Å². The Bertz CT molecular complexity index is 549. The van der Waals surface area contributed by atoms with Crippen LogP contribution in [0.4, 0.5) is 10.7 Å². The number of amides is 2. The molecule has 20 heavy (non-hydrogen) atoms. The molecule has 0 aliphatic heterocycles. The zero-order valence-corrected chi connectivity index (χ0v) is 12.1. The van der Waals surface area contributed by atoms with E-state index in [4.69, 9.17) is 5.73 Å². The monoisotopic (exact) mass is 294 g/mol. The molecule has 2 amide bonds. The molecule has 108 valence electrons. The average Bonchev–Trinajstić information content (AvgIpc) is 3.18. The molecule has 0 atom stereocenters. The smallest absolute Gasteiger partial charge is 0.263 e. The molecule has 1 aromatic heterocycles. The van der Waals surface area contributed by atoms with Gasteiger partial charge >= 0.3 is 0 Å². The van der Waals surface area contributed by atoms with Crippen LogP contribution < -0.4 is 21.7 Å². The van der Waals surface area contributed by atoms with Crippen molar-refractivity contribution in [2.45, 2.75) is 18.9 Å². The fourth-order valence-electron chi connectivity index (χ4n) is 1.73. The number of nitrogens with two attached hydrogens (primary N) is 1. The van der Waals surface area contributed by atoms with E-state index in [-0.39, 0.29) is 23.5 Å². The van der Waals surface area contributed by atoms with Gasteiger partial charge in [-0.25, -0.2) is 0 Å². The van der Waals surface area contributed by atoms with Gasteiger partial charge in [-0.15, -0.1) is 17.9 Å². The maximum absolute atomic E-state index is 12.1. The molecule has 7 heteroatoms. The zero-order chi connectivity index (χ0) is 14.7. The summed E-state index contributed by atoms with van der Waals surface area (Å²) < 4.78 is 0. The lowest BCUT2D eigenvalue weighted by Crippen LogP contribution is -2.25. The van der Waals surface area contributed by atoms with Crippen LogP contribution in [0.1, 0.15) is 32.9 Å². The first-order valence-electron chi connectivity index (χ1n) is 6.38. The van der Waals surface area contributed by atoms with E-state index < -0.39 is 0 Å². The van der Waals surface area contributed by atoms with Gasteiger partial charge in [-0.1, -0.05) is 6.08 Å². The van der Waals surface area contributed by atoms with Crippen LogP contribution in [0.25, 0.3) is 0 Å². The summed E-state index contributed by atoms with van der Waals surface area (Å²) in [5.74, 6) is -0.525. The van der Waals surface area contributed by atoms with Gasteiger partial charge in [-0.05, 0) is 12.8 Å². The Kier molecular flexibility index (Phi) is 4.29. The van der Waals surface area contributed by atoms with E-state index in [1.807, 2.05) is 0 Å². The molecule has 5 N–H and O–H groups in total. The largest absolute Gasteiger partial charge is 0.397 e. The number of rotatable bonds is 6. The topological polar surface area (TPSA) is 96.2 Å². The predicted molar refractivity (Wildman–Crippen MR) is 81.3 cm³/mol. The summed E-state index contributed by atoms with van der Waals surface area (Å²) in [5.41, 5.74) is 6.51. The standard InChI is InChI=1S/C13H18N4O2S/c1-3-6-16-13-8(11(18)15-2)9(14)10(20-13)12(19)17-7-4-5-7/h3,7,16H,1,4-6,14H2,2H3,(H,15,18)(H,17,19). The Morgan fingerprint density at radius 2 is 2.15 bits per heavy atom. The number of carbonyl (C=O) groups excluding carboxylic acids is 2. The molecule has 1 aromatic rings. The first kappa shape index (κ1) is 14.4. The van der Waals surface area contributed by atoms with E-state index in [1.165, 1.54) is 18.4 Å². The fraction of sp³-hybridized carbons (Fsp3) is 0.385. The van der Waals surface area contributed by atoms with Crippen LogP contribution in [-0.2, 0) is 0 Å². The molecule has 0 unspecified atom stereocenters. The molecule has 0 aromatic carbocycles. The van der Waals surface area contributed by atoms with Gasteiger partial charge in [-0.2, -0.15) is 0 Å². The van der Waals surface area contributed by atoms with Crippen molar-refractivity contribution in [3.05, 3.63) is 23.1 Å². The van der Waals surface area contributed by atoms with E-state index in [2.05, 4.69) is 22.5 Å². The molecule has 1 fully saturated rings. The van der Waals surface area contributed by atoms with E-state index in [0.717, 1.165) is 12.8 Å². The van der Waals surface area contributed by atoms with Crippen LogP contribution >= 0.6 is 11.3 Å². The molecule has 1 saturated carbocycles. The van der Waals surface area contributed by atoms with Crippen LogP contribution in [0.5, 0.6) is 0 Å². The predicted octanol–water partition coefficient (Wildman–Crippen LogP) is 1.18. The minimum absolute atomic E-state index is 0.216. The lowest BCUT2D eigenvalue weighted by Gasteiger charge is -2.04. The number of hydrogen-bond acceptors (Lipinski definition) is 5. The highest BCUT2D eigenvalue weighted by Gasteiger charge is 2.29. The lowest BCUT2D eigenvalue weighted by atomic mass is 10.2. The molecule has 0 bridgehead atoms. The number of hydrogen-bond donors (Lipinski definition) is 4. The van der Waals surface area contributed by atoms with E-state index in [1.54, 1.807) is 6.08 Å². The summed E-state index contributed by atoms with van der Waals surface area (Å²) in [5, 5.41) is 9.04. The quantitative estimate of drug-likeness (QED) is 0.592. The SMILES string of the molecule is C=CCNc1sc(C(=O)NC2CC2)c(N)c1C(=O)NC. The number of nitrogens with one attached hydrogen (secondary N) is 3. The van der Waals surface area contributed by atoms with Gasteiger partial charge in [0.1, 0.15) is 9.88 Å². The third-order valence-electron chi connectivity index (χ3n) is 2.93. The van der Waals surface area contributed by atoms with Crippen molar-refractivity contribution >= 4 is 33.8 Å². The Morgan fingerprint density at radius 3 is 2.70 bits per heavy atom. The summed E-state index contributed by atoms with van der Waals surface area (Å²) >= 11 is 1.19. The lowest BCUT2D eigenvalue weighted by molar-refractivity contribution is 0.0955. The van der Waals surface area contributed by atoms with Crippen LogP contribution in [0.15, 0.2) is 12.7 Å². The Morgan fingerprint density at radius 1 is 1.45 bits per heavy atom. The molecule has 0 saturated heterocycles. The first-order chi connectivity index (χ1) is 9.58. The minimum atomic E-state index is -0.309. The summed E-state index contributed by atoms with van der Waals surface area (Å²) in [4.78, 5) is 24.4. The van der Waals surface area contributed by atoms with Crippen molar-refractivity contribution in [1.29, 1.82) is 0 Å². The van der Waals surface area contributed by atoms with E-state index in [9.17, 15) is 9.59 Å². The van der Waals surface area contributed by atoms with Crippen LogP contribution in [-0.4, -0.2) is 31.4 Å². The highest BCUT2D eigenvalue weighted by Crippen LogP contribution is 2.36. The van der Waals surface area contributed by atoms with Gasteiger partial charge in [0.05, 0.1) is 11.3 Å². The second kappa shape index (κ2) is 5.96. The molecular weight excluding hydrogens is 276 g/mol. The second-order valence-electron chi connectivity index (χ2n) is 4.55. The first-order valence-corrected chi connectivity index (χ1v) is 7.20. The average molecular weight is 294 g/mol. The minimum Gasteiger partial charge on any atom is -0.397 e. The Labute approximate surface area is 121 Å². The molecular formula is C13H18N4O2S. The van der Waals surface area contributed by atoms with Gasteiger partial charge in [0.15, 0.2) is 0 Å². The third kappa shape index (κ3) is 2.93. The molecule has 1 heterocycles. The van der Waals surface area contributed by atoms with Crippen molar-refractivity contribution in [1.82, 2.24) is 10.6 Å². The summed E-state index contributed by atoms with van der Waals surface area (Å²) in [6.07, 6.45) is 3.68. The highest BCUT2D eigenvalue weighted by molar-refractivity contribution is 7.19. The van der Waals surface area contributed by atoms with Crippen molar-refractivity contribution in [3.8, 4) is 0 Å². The van der Waals surface area contributed by atoms with Gasteiger partial charge in [0.2, 0.25) is 0 Å². The Hall–Kier alpha value is -2.02. The maximum atomic E-state index is 12.1. The van der Waals surface area contributed by atoms with Crippen molar-refractivity contribution in [2.24, 2.45) is 0 Å². The highest BCUT2D eigenvalue weighted by atomic mass is 32.1. The molecule has 0 spiro atoms. The fourth-order valence-corrected chi connectivity index (χ4v) is 2.76. The molecule has 1 aliphatic carbocycles. The zero-order valence-electron chi connectivity index (χ0n) is 11.3. The van der Waals surface area contributed by atoms with Gasteiger partial charge < -0.3 is 21.7 Å². The second-order valence-corrected chi connectivity index (χ2v) is 5.57. The number of anilines is 2. The molecule has 2 rings (SSSR count). The molecule has 6 nitrogen and oxygen atoms in total. The van der Waals surface area contributed by atoms with Crippen LogP contribution in [0.2, 0.25) is 0 Å². The Balaban J connectivity index is 2.31. The summed E-state index contributed by atoms with van der Waals surface area (Å²) in [6, 6.07) is 0.247. The van der Waals surface area contributed by atoms with Crippen molar-refractivity contribution < 1.29 is 9.59 Å². The van der Waals surface area contributed by atoms with Gasteiger partial charge in [0, 0.05) is 19.6 Å². The number of carbonyl (C=O) groups is 2. The molecule has 1 aliphatic rings. The van der Waals surface area contributed by atoms with Gasteiger partial charge in [0.25, 0.3) is 11.8 Å². The summed E-state index contributed by atoms with van der Waals surface area (Å²) in [7, 11) is 1.53. The molecule has 0 radical (unpaired) electrons. The normalized spacial score (nSPS) is 13.7. The van der Waals surface area contributed by atoms with Gasteiger partial charge in [-0.3, -0.25) is 9.59 Å². The third-order valence-corrected chi connectivity index (χ3v) is 4.09. The van der Waals surface area contributed by atoms with Crippen LogP contribution in [0.3, 0.4) is 0 Å². The van der Waals surface area contributed by atoms with Crippen molar-refractivity contribution in [2.75, 3.05) is 24.6 Å². The van der Waals surface area contributed by atoms with E-state index >= 15 is 0 Å². The van der Waals surface area contributed by atoms with Crippen LogP contribution in [0, 0.1) is 0 Å². The number of thiophene rings is 1. The van der Waals surface area contributed by atoms with Crippen molar-refractivity contribution in [3.63, 3.8) is 0 Å². The summed E-state index contributed by atoms with van der Waals surface area (Å²) in [6.45, 7) is 4.11. The maximum Gasteiger partial charge on any atom is 0.263 e. The number of nitrogen functional groups attached to an aromatic ring is 1.